The highest BCUT2D eigenvalue weighted by Crippen LogP contribution is 2.16. The number of amides is 3. The highest BCUT2D eigenvalue weighted by Gasteiger charge is 2.09. The van der Waals surface area contributed by atoms with Crippen molar-refractivity contribution < 1.29 is 9.59 Å². The number of urea groups is 1. The van der Waals surface area contributed by atoms with Gasteiger partial charge in [-0.3, -0.25) is 10.1 Å². The molecule has 0 aliphatic carbocycles. The minimum Gasteiger partial charge on any atom is -0.351 e. The topological polar surface area (TPSA) is 90.0 Å². The van der Waals surface area contributed by atoms with E-state index in [0.29, 0.717) is 11.7 Å². The summed E-state index contributed by atoms with van der Waals surface area (Å²) in [5, 5.41) is 2.73. The first-order valence-corrected chi connectivity index (χ1v) is 6.91. The summed E-state index contributed by atoms with van der Waals surface area (Å²) in [5.41, 5.74) is 6.02. The summed E-state index contributed by atoms with van der Waals surface area (Å²) in [6.45, 7) is 0.681. The largest absolute Gasteiger partial charge is 0.351 e. The molecule has 0 aliphatic rings. The molecule has 0 aliphatic heterocycles. The minimum absolute atomic E-state index is 0.0920. The first-order chi connectivity index (χ1) is 9.65. The Morgan fingerprint density at radius 1 is 1.30 bits per heavy atom. The van der Waals surface area contributed by atoms with Crippen LogP contribution in [0.25, 0.3) is 0 Å². The molecule has 0 atom stereocenters. The van der Waals surface area contributed by atoms with E-state index in [1.54, 1.807) is 6.20 Å². The van der Waals surface area contributed by atoms with Crippen LogP contribution in [0.4, 0.5) is 4.79 Å². The fourth-order valence-electron chi connectivity index (χ4n) is 1.64. The second-order valence-electron chi connectivity index (χ2n) is 4.02. The molecule has 20 heavy (non-hydrogen) atoms. The van der Waals surface area contributed by atoms with E-state index in [1.807, 2.05) is 46.4 Å². The zero-order valence-corrected chi connectivity index (χ0v) is 11.5. The van der Waals surface area contributed by atoms with Crippen LogP contribution >= 0.6 is 11.8 Å². The van der Waals surface area contributed by atoms with Crippen LogP contribution in [-0.4, -0.2) is 27.2 Å². The van der Waals surface area contributed by atoms with E-state index in [2.05, 4.69) is 4.98 Å². The number of benzene rings is 1. The second-order valence-corrected chi connectivity index (χ2v) is 4.97. The number of thioether (sulfide) groups is 1. The van der Waals surface area contributed by atoms with Gasteiger partial charge in [-0.1, -0.05) is 42.1 Å². The molecule has 0 saturated carbocycles. The fraction of sp³-hybridized carbons (Fsp3) is 0.154. The maximum absolute atomic E-state index is 11.3. The number of carbonyl (C=O) groups excluding carboxylic acids is 2. The molecule has 2 rings (SSSR count). The quantitative estimate of drug-likeness (QED) is 0.810. The highest BCUT2D eigenvalue weighted by atomic mass is 32.2. The van der Waals surface area contributed by atoms with Crippen LogP contribution in [0.15, 0.2) is 47.9 Å². The van der Waals surface area contributed by atoms with E-state index in [4.69, 9.17) is 5.73 Å². The predicted octanol–water partition coefficient (Wildman–Crippen LogP) is 1.22. The monoisotopic (exact) mass is 290 g/mol. The molecule has 2 aromatic rings. The Morgan fingerprint density at radius 2 is 2.05 bits per heavy atom. The summed E-state index contributed by atoms with van der Waals surface area (Å²) in [4.78, 5) is 26.1. The molecule has 0 radical (unpaired) electrons. The number of nitrogens with zero attached hydrogens (tertiary/aromatic N) is 2. The van der Waals surface area contributed by atoms with E-state index in [0.717, 1.165) is 5.56 Å². The molecule has 0 spiro atoms. The lowest BCUT2D eigenvalue weighted by atomic mass is 10.2. The van der Waals surface area contributed by atoms with Gasteiger partial charge in [-0.15, -0.1) is 0 Å². The summed E-state index contributed by atoms with van der Waals surface area (Å²) >= 11 is 1.26. The van der Waals surface area contributed by atoms with Crippen molar-refractivity contribution in [2.45, 2.75) is 11.7 Å². The number of aromatic nitrogens is 2. The molecule has 1 aromatic carbocycles. The van der Waals surface area contributed by atoms with Crippen LogP contribution in [0.2, 0.25) is 0 Å². The number of imidazole rings is 1. The van der Waals surface area contributed by atoms with Gasteiger partial charge in [0, 0.05) is 18.9 Å². The van der Waals surface area contributed by atoms with Gasteiger partial charge in [-0.05, 0) is 5.56 Å². The molecule has 6 nitrogen and oxygen atoms in total. The van der Waals surface area contributed by atoms with Gasteiger partial charge in [0.05, 0.1) is 5.75 Å². The van der Waals surface area contributed by atoms with Crippen molar-refractivity contribution in [2.75, 3.05) is 5.75 Å². The van der Waals surface area contributed by atoms with Crippen molar-refractivity contribution in [3.63, 3.8) is 0 Å². The lowest BCUT2D eigenvalue weighted by Gasteiger charge is -2.07. The average Bonchev–Trinajstić information content (AvgIpc) is 2.84. The normalized spacial score (nSPS) is 10.2. The molecule has 1 heterocycles. The summed E-state index contributed by atoms with van der Waals surface area (Å²) in [5.74, 6) is -0.342. The van der Waals surface area contributed by atoms with Gasteiger partial charge in [0.25, 0.3) is 0 Å². The maximum atomic E-state index is 11.3. The minimum atomic E-state index is -0.844. The van der Waals surface area contributed by atoms with Gasteiger partial charge < -0.3 is 10.3 Å². The first-order valence-electron chi connectivity index (χ1n) is 5.92. The SMILES string of the molecule is NC(=O)NC(=O)CSc1nccn1Cc1ccccc1. The number of nitrogens with one attached hydrogen (secondary N) is 1. The molecule has 7 heteroatoms. The average molecular weight is 290 g/mol. The number of primary amides is 1. The number of hydrogen-bond donors (Lipinski definition) is 2. The first kappa shape index (κ1) is 14.1. The number of rotatable bonds is 5. The van der Waals surface area contributed by atoms with Gasteiger partial charge in [0.15, 0.2) is 5.16 Å². The third-order valence-corrected chi connectivity index (χ3v) is 3.47. The van der Waals surface area contributed by atoms with Gasteiger partial charge in [-0.2, -0.15) is 0 Å². The summed E-state index contributed by atoms with van der Waals surface area (Å²) < 4.78 is 1.94. The molecule has 3 amide bonds. The van der Waals surface area contributed by atoms with E-state index in [-0.39, 0.29) is 5.75 Å². The Bertz CT molecular complexity index is 597. The summed E-state index contributed by atoms with van der Waals surface area (Å²) in [6.07, 6.45) is 3.53. The third-order valence-electron chi connectivity index (χ3n) is 2.47. The van der Waals surface area contributed by atoms with Crippen LogP contribution in [0.1, 0.15) is 5.56 Å². The number of imide groups is 1. The molecule has 104 valence electrons. The van der Waals surface area contributed by atoms with Crippen molar-refractivity contribution in [3.05, 3.63) is 48.3 Å². The molecule has 0 bridgehead atoms. The van der Waals surface area contributed by atoms with Crippen molar-refractivity contribution in [1.29, 1.82) is 0 Å². The zero-order valence-electron chi connectivity index (χ0n) is 10.7. The van der Waals surface area contributed by atoms with Gasteiger partial charge in [0.1, 0.15) is 0 Å². The molecule has 0 unspecified atom stereocenters. The third kappa shape index (κ3) is 4.13. The van der Waals surface area contributed by atoms with Crippen molar-refractivity contribution >= 4 is 23.7 Å². The fourth-order valence-corrected chi connectivity index (χ4v) is 2.40. The summed E-state index contributed by atoms with van der Waals surface area (Å²) in [6, 6.07) is 9.10. The van der Waals surface area contributed by atoms with Crippen LogP contribution < -0.4 is 11.1 Å². The Hall–Kier alpha value is -2.28. The van der Waals surface area contributed by atoms with Gasteiger partial charge in [-0.25, -0.2) is 9.78 Å². The molecule has 0 fully saturated rings. The Morgan fingerprint density at radius 3 is 2.75 bits per heavy atom. The smallest absolute Gasteiger partial charge is 0.318 e. The highest BCUT2D eigenvalue weighted by molar-refractivity contribution is 7.99. The Kier molecular flexibility index (Phi) is 4.78. The van der Waals surface area contributed by atoms with Crippen LogP contribution in [0, 0.1) is 0 Å². The standard InChI is InChI=1S/C13H14N4O2S/c14-12(19)16-11(18)9-20-13-15-6-7-17(13)8-10-4-2-1-3-5-10/h1-7H,8-9H2,(H3,14,16,18,19). The molecule has 0 saturated heterocycles. The molecule has 1 aromatic heterocycles. The van der Waals surface area contributed by atoms with Crippen LogP contribution in [0.5, 0.6) is 0 Å². The maximum Gasteiger partial charge on any atom is 0.318 e. The number of nitrogens with two attached hydrogens (primary N) is 1. The zero-order chi connectivity index (χ0) is 14.4. The van der Waals surface area contributed by atoms with Gasteiger partial charge >= 0.3 is 6.03 Å². The van der Waals surface area contributed by atoms with E-state index in [9.17, 15) is 9.59 Å². The molecule has 3 N–H and O–H groups in total. The Balaban J connectivity index is 1.95. The predicted molar refractivity (Wildman–Crippen MR) is 76.2 cm³/mol. The summed E-state index contributed by atoms with van der Waals surface area (Å²) in [7, 11) is 0. The van der Waals surface area contributed by atoms with Crippen LogP contribution in [0.3, 0.4) is 0 Å². The van der Waals surface area contributed by atoms with Gasteiger partial charge in [0.2, 0.25) is 5.91 Å². The lowest BCUT2D eigenvalue weighted by molar-refractivity contribution is -0.117. The second kappa shape index (κ2) is 6.76. The number of carbonyl (C=O) groups is 2. The van der Waals surface area contributed by atoms with E-state index < -0.39 is 11.9 Å². The molecular formula is C13H14N4O2S. The van der Waals surface area contributed by atoms with Crippen LogP contribution in [-0.2, 0) is 11.3 Å². The van der Waals surface area contributed by atoms with Crippen molar-refractivity contribution in [3.8, 4) is 0 Å². The van der Waals surface area contributed by atoms with Crippen molar-refractivity contribution in [2.24, 2.45) is 5.73 Å². The molecular weight excluding hydrogens is 276 g/mol. The van der Waals surface area contributed by atoms with Crippen molar-refractivity contribution in [1.82, 2.24) is 14.9 Å². The Labute approximate surface area is 120 Å². The van der Waals surface area contributed by atoms with E-state index in [1.165, 1.54) is 11.8 Å². The van der Waals surface area contributed by atoms with E-state index >= 15 is 0 Å². The lowest BCUT2D eigenvalue weighted by Crippen LogP contribution is -2.36. The number of hydrogen-bond acceptors (Lipinski definition) is 4.